The first-order chi connectivity index (χ1) is 9.49. The fraction of sp³-hybridized carbons (Fsp3) is 0.167. The maximum atomic E-state index is 11.9. The van der Waals surface area contributed by atoms with Crippen molar-refractivity contribution >= 4 is 16.0 Å². The molecule has 0 aliphatic carbocycles. The lowest BCUT2D eigenvalue weighted by Gasteiger charge is -2.09. The minimum atomic E-state index is -3.65. The summed E-state index contributed by atoms with van der Waals surface area (Å²) >= 11 is 0. The Morgan fingerprint density at radius 2 is 2.00 bits per heavy atom. The number of carboxylic acids is 1. The van der Waals surface area contributed by atoms with Crippen molar-refractivity contribution in [1.82, 2.24) is 14.9 Å². The van der Waals surface area contributed by atoms with Crippen molar-refractivity contribution in [3.63, 3.8) is 0 Å². The number of aromatic amines is 1. The van der Waals surface area contributed by atoms with Crippen LogP contribution >= 0.6 is 0 Å². The Balaban J connectivity index is 2.13. The third kappa shape index (κ3) is 3.43. The molecule has 106 valence electrons. The Morgan fingerprint density at radius 3 is 2.60 bits per heavy atom. The molecule has 0 atom stereocenters. The number of hydrogen-bond acceptors (Lipinski definition) is 4. The van der Waals surface area contributed by atoms with Gasteiger partial charge < -0.3 is 5.11 Å². The van der Waals surface area contributed by atoms with Gasteiger partial charge in [-0.15, -0.1) is 0 Å². The van der Waals surface area contributed by atoms with Crippen LogP contribution in [0.15, 0.2) is 41.6 Å². The van der Waals surface area contributed by atoms with E-state index in [4.69, 9.17) is 5.11 Å². The SMILES string of the molecule is O=C(O)Cc1ccccc1CNS(=O)(=O)c1cn[nH]c1. The zero-order valence-electron chi connectivity index (χ0n) is 10.4. The molecule has 0 radical (unpaired) electrons. The highest BCUT2D eigenvalue weighted by atomic mass is 32.2. The predicted octanol–water partition coefficient (Wildman–Crippen LogP) is 0.515. The zero-order valence-corrected chi connectivity index (χ0v) is 11.2. The van der Waals surface area contributed by atoms with E-state index in [9.17, 15) is 13.2 Å². The van der Waals surface area contributed by atoms with Crippen LogP contribution in [0.2, 0.25) is 0 Å². The summed E-state index contributed by atoms with van der Waals surface area (Å²) in [6.07, 6.45) is 2.32. The first kappa shape index (κ1) is 14.2. The average Bonchev–Trinajstić information content (AvgIpc) is 2.92. The number of aromatic nitrogens is 2. The number of nitrogens with zero attached hydrogens (tertiary/aromatic N) is 1. The molecule has 0 saturated heterocycles. The lowest BCUT2D eigenvalue weighted by atomic mass is 10.1. The van der Waals surface area contributed by atoms with E-state index in [0.29, 0.717) is 11.1 Å². The number of benzene rings is 1. The highest BCUT2D eigenvalue weighted by Crippen LogP contribution is 2.11. The van der Waals surface area contributed by atoms with Gasteiger partial charge in [0.15, 0.2) is 0 Å². The van der Waals surface area contributed by atoms with Crippen LogP contribution in [0.3, 0.4) is 0 Å². The second-order valence-corrected chi connectivity index (χ2v) is 5.86. The van der Waals surface area contributed by atoms with Gasteiger partial charge in [0.05, 0.1) is 12.6 Å². The highest BCUT2D eigenvalue weighted by molar-refractivity contribution is 7.89. The molecule has 1 aromatic carbocycles. The number of sulfonamides is 1. The minimum Gasteiger partial charge on any atom is -0.481 e. The normalized spacial score (nSPS) is 11.4. The fourth-order valence-corrected chi connectivity index (χ4v) is 2.62. The molecule has 1 heterocycles. The van der Waals surface area contributed by atoms with E-state index >= 15 is 0 Å². The third-order valence-electron chi connectivity index (χ3n) is 2.70. The first-order valence-electron chi connectivity index (χ1n) is 5.76. The molecule has 2 rings (SSSR count). The smallest absolute Gasteiger partial charge is 0.307 e. The maximum Gasteiger partial charge on any atom is 0.307 e. The van der Waals surface area contributed by atoms with Gasteiger partial charge in [-0.25, -0.2) is 13.1 Å². The molecule has 20 heavy (non-hydrogen) atoms. The molecular weight excluding hydrogens is 282 g/mol. The van der Waals surface area contributed by atoms with Gasteiger partial charge in [-0.3, -0.25) is 9.89 Å². The van der Waals surface area contributed by atoms with E-state index in [1.165, 1.54) is 12.4 Å². The molecule has 0 unspecified atom stereocenters. The molecule has 7 nitrogen and oxygen atoms in total. The van der Waals surface area contributed by atoms with Crippen molar-refractivity contribution in [2.75, 3.05) is 0 Å². The quantitative estimate of drug-likeness (QED) is 0.719. The van der Waals surface area contributed by atoms with Crippen LogP contribution in [0.5, 0.6) is 0 Å². The molecule has 3 N–H and O–H groups in total. The number of aliphatic carboxylic acids is 1. The predicted molar refractivity (Wildman–Crippen MR) is 70.4 cm³/mol. The molecule has 8 heteroatoms. The van der Waals surface area contributed by atoms with Gasteiger partial charge >= 0.3 is 5.97 Å². The van der Waals surface area contributed by atoms with Crippen LogP contribution in [0.4, 0.5) is 0 Å². The number of H-pyrrole nitrogens is 1. The van der Waals surface area contributed by atoms with Crippen LogP contribution in [0.1, 0.15) is 11.1 Å². The fourth-order valence-electron chi connectivity index (χ4n) is 1.71. The lowest BCUT2D eigenvalue weighted by molar-refractivity contribution is -0.136. The molecule has 0 aliphatic rings. The monoisotopic (exact) mass is 295 g/mol. The van der Waals surface area contributed by atoms with Gasteiger partial charge in [0.25, 0.3) is 0 Å². The molecular formula is C12H13N3O4S. The number of nitrogens with one attached hydrogen (secondary N) is 2. The Labute approximate surface area is 115 Å². The second-order valence-electron chi connectivity index (χ2n) is 4.10. The Bertz CT molecular complexity index is 695. The molecule has 0 amide bonds. The summed E-state index contributed by atoms with van der Waals surface area (Å²) in [5.41, 5.74) is 1.21. The topological polar surface area (TPSA) is 112 Å². The summed E-state index contributed by atoms with van der Waals surface area (Å²) < 4.78 is 26.2. The second kappa shape index (κ2) is 5.85. The molecule has 0 aliphatic heterocycles. The lowest BCUT2D eigenvalue weighted by Crippen LogP contribution is -2.23. The standard InChI is InChI=1S/C12H13N3O4S/c16-12(17)5-9-3-1-2-4-10(9)6-15-20(18,19)11-7-13-14-8-11/h1-4,7-8,15H,5-6H2,(H,13,14)(H,16,17). The summed E-state index contributed by atoms with van der Waals surface area (Å²) in [7, 11) is -3.65. The van der Waals surface area contributed by atoms with Crippen LogP contribution in [0, 0.1) is 0 Å². The number of carbonyl (C=O) groups is 1. The third-order valence-corrected chi connectivity index (χ3v) is 4.06. The maximum absolute atomic E-state index is 11.9. The van der Waals surface area contributed by atoms with E-state index < -0.39 is 16.0 Å². The Morgan fingerprint density at radius 1 is 1.30 bits per heavy atom. The molecule has 2 aromatic rings. The Hall–Kier alpha value is -2.19. The highest BCUT2D eigenvalue weighted by Gasteiger charge is 2.15. The van der Waals surface area contributed by atoms with Crippen molar-refractivity contribution in [3.8, 4) is 0 Å². The average molecular weight is 295 g/mol. The molecule has 1 aromatic heterocycles. The number of rotatable bonds is 6. The van der Waals surface area contributed by atoms with Crippen molar-refractivity contribution in [1.29, 1.82) is 0 Å². The summed E-state index contributed by atoms with van der Waals surface area (Å²) in [5, 5.41) is 14.8. The number of carboxylic acid groups (broad SMARTS) is 1. The summed E-state index contributed by atoms with van der Waals surface area (Å²) in [6, 6.07) is 6.80. The molecule has 0 bridgehead atoms. The summed E-state index contributed by atoms with van der Waals surface area (Å²) in [6.45, 7) is 0.0248. The molecule has 0 saturated carbocycles. The van der Waals surface area contributed by atoms with Crippen molar-refractivity contribution in [2.45, 2.75) is 17.9 Å². The Kier molecular flexibility index (Phi) is 4.16. The van der Waals surface area contributed by atoms with Gasteiger partial charge in [0, 0.05) is 12.7 Å². The zero-order chi connectivity index (χ0) is 14.6. The van der Waals surface area contributed by atoms with Crippen LogP contribution in [-0.4, -0.2) is 29.7 Å². The molecule has 0 spiro atoms. The summed E-state index contributed by atoms with van der Waals surface area (Å²) in [4.78, 5) is 10.8. The van der Waals surface area contributed by atoms with Crippen molar-refractivity contribution in [2.24, 2.45) is 0 Å². The van der Waals surface area contributed by atoms with E-state index in [0.717, 1.165) is 0 Å². The van der Waals surface area contributed by atoms with Gasteiger partial charge in [-0.05, 0) is 11.1 Å². The van der Waals surface area contributed by atoms with E-state index in [2.05, 4.69) is 14.9 Å². The first-order valence-corrected chi connectivity index (χ1v) is 7.24. The molecule has 0 fully saturated rings. The van der Waals surface area contributed by atoms with Crippen LogP contribution in [0.25, 0.3) is 0 Å². The summed E-state index contributed by atoms with van der Waals surface area (Å²) in [5.74, 6) is -0.963. The van der Waals surface area contributed by atoms with Gasteiger partial charge in [0.2, 0.25) is 10.0 Å². The van der Waals surface area contributed by atoms with Gasteiger partial charge in [0.1, 0.15) is 4.90 Å². The van der Waals surface area contributed by atoms with E-state index in [-0.39, 0.29) is 17.9 Å². The van der Waals surface area contributed by atoms with E-state index in [1.54, 1.807) is 24.3 Å². The van der Waals surface area contributed by atoms with Crippen molar-refractivity contribution < 1.29 is 18.3 Å². The van der Waals surface area contributed by atoms with Gasteiger partial charge in [-0.1, -0.05) is 24.3 Å². The largest absolute Gasteiger partial charge is 0.481 e. The van der Waals surface area contributed by atoms with E-state index in [1.807, 2.05) is 0 Å². The van der Waals surface area contributed by atoms with Gasteiger partial charge in [-0.2, -0.15) is 5.10 Å². The number of hydrogen-bond donors (Lipinski definition) is 3. The van der Waals surface area contributed by atoms with Crippen molar-refractivity contribution in [3.05, 3.63) is 47.8 Å². The van der Waals surface area contributed by atoms with Crippen LogP contribution < -0.4 is 4.72 Å². The van der Waals surface area contributed by atoms with Crippen LogP contribution in [-0.2, 0) is 27.8 Å². The minimum absolute atomic E-state index is 0.0248.